The van der Waals surface area contributed by atoms with Crippen molar-refractivity contribution in [1.29, 1.82) is 0 Å². The highest BCUT2D eigenvalue weighted by Gasteiger charge is 2.27. The molecule has 7 heteroatoms. The molecule has 1 aromatic heterocycles. The lowest BCUT2D eigenvalue weighted by Gasteiger charge is -2.23. The Morgan fingerprint density at radius 1 is 1.32 bits per heavy atom. The summed E-state index contributed by atoms with van der Waals surface area (Å²) in [6, 6.07) is 5.87. The zero-order chi connectivity index (χ0) is 16.4. The van der Waals surface area contributed by atoms with Crippen molar-refractivity contribution < 1.29 is 14.7 Å². The molecule has 2 aromatic rings. The maximum absolute atomic E-state index is 12.3. The van der Waals surface area contributed by atoms with Gasteiger partial charge in [0.2, 0.25) is 5.91 Å². The van der Waals surface area contributed by atoms with E-state index in [0.29, 0.717) is 10.7 Å². The Bertz CT molecular complexity index is 709. The first-order valence-electron chi connectivity index (χ1n) is 6.78. The lowest BCUT2D eigenvalue weighted by atomic mass is 10.1. The molecule has 2 rings (SSSR count). The highest BCUT2D eigenvalue weighted by molar-refractivity contribution is 6.31. The smallest absolute Gasteiger partial charge is 0.268 e. The lowest BCUT2D eigenvalue weighted by Crippen LogP contribution is -2.52. The van der Waals surface area contributed by atoms with Gasteiger partial charge < -0.3 is 20.3 Å². The van der Waals surface area contributed by atoms with E-state index in [0.717, 1.165) is 10.9 Å². The molecule has 0 fully saturated rings. The molecular weight excluding hydrogens is 306 g/mol. The van der Waals surface area contributed by atoms with Crippen molar-refractivity contribution >= 4 is 34.3 Å². The second kappa shape index (κ2) is 6.37. The van der Waals surface area contributed by atoms with Crippen molar-refractivity contribution in [3.63, 3.8) is 0 Å². The highest BCUT2D eigenvalue weighted by atomic mass is 35.5. The van der Waals surface area contributed by atoms with Crippen LogP contribution < -0.4 is 5.32 Å². The Morgan fingerprint density at radius 2 is 2.00 bits per heavy atom. The normalized spacial score (nSPS) is 13.7. The number of amides is 2. The molecule has 0 aliphatic rings. The number of aliphatic hydroxyl groups excluding tert-OH is 1. The number of nitrogens with zero attached hydrogens (tertiary/aromatic N) is 1. The molecule has 118 valence electrons. The fourth-order valence-corrected chi connectivity index (χ4v) is 2.29. The zero-order valence-electron chi connectivity index (χ0n) is 12.6. The van der Waals surface area contributed by atoms with Crippen molar-refractivity contribution in [2.45, 2.75) is 19.1 Å². The summed E-state index contributed by atoms with van der Waals surface area (Å²) in [7, 11) is 3.13. The Labute approximate surface area is 133 Å². The minimum atomic E-state index is -1.00. The third kappa shape index (κ3) is 3.40. The van der Waals surface area contributed by atoms with Crippen LogP contribution in [0.15, 0.2) is 24.3 Å². The summed E-state index contributed by atoms with van der Waals surface area (Å²) in [6.45, 7) is 1.46. The molecule has 2 amide bonds. The molecular formula is C15H18ClN3O3. The molecule has 0 saturated heterocycles. The van der Waals surface area contributed by atoms with Gasteiger partial charge in [-0.3, -0.25) is 9.59 Å². The second-order valence-electron chi connectivity index (χ2n) is 5.34. The van der Waals surface area contributed by atoms with Gasteiger partial charge in [0.05, 0.1) is 6.10 Å². The SMILES string of the molecule is C[C@@H](O)[C@H](NC(=O)c1cc2cc(Cl)ccc2[nH]1)C(=O)N(C)C. The standard InChI is InChI=1S/C15H18ClN3O3/c1-8(20)13(15(22)19(2)3)18-14(21)12-7-9-6-10(16)4-5-11(9)17-12/h4-8,13,17,20H,1-3H3,(H,18,21)/t8-,13+/m1/s1. The lowest BCUT2D eigenvalue weighted by molar-refractivity contribution is -0.133. The van der Waals surface area contributed by atoms with Crippen LogP contribution in [0.1, 0.15) is 17.4 Å². The first-order chi connectivity index (χ1) is 10.3. The number of aromatic nitrogens is 1. The molecule has 1 heterocycles. The van der Waals surface area contributed by atoms with Crippen LogP contribution in [0.4, 0.5) is 0 Å². The van der Waals surface area contributed by atoms with Gasteiger partial charge in [0.15, 0.2) is 0 Å². The van der Waals surface area contributed by atoms with Crippen molar-refractivity contribution in [3.05, 3.63) is 35.0 Å². The number of carbonyl (C=O) groups excluding carboxylic acids is 2. The largest absolute Gasteiger partial charge is 0.391 e. The Morgan fingerprint density at radius 3 is 2.59 bits per heavy atom. The van der Waals surface area contributed by atoms with Gasteiger partial charge in [-0.25, -0.2) is 0 Å². The van der Waals surface area contributed by atoms with E-state index in [9.17, 15) is 14.7 Å². The van der Waals surface area contributed by atoms with Crippen LogP contribution in [-0.2, 0) is 4.79 Å². The van der Waals surface area contributed by atoms with Gasteiger partial charge in [0.25, 0.3) is 5.91 Å². The molecule has 0 radical (unpaired) electrons. The van der Waals surface area contributed by atoms with Crippen molar-refractivity contribution in [3.8, 4) is 0 Å². The molecule has 2 atom stereocenters. The minimum absolute atomic E-state index is 0.300. The van der Waals surface area contributed by atoms with E-state index < -0.39 is 18.1 Å². The number of fused-ring (bicyclic) bond motifs is 1. The number of aliphatic hydroxyl groups is 1. The maximum atomic E-state index is 12.3. The minimum Gasteiger partial charge on any atom is -0.391 e. The van der Waals surface area contributed by atoms with E-state index in [1.54, 1.807) is 38.4 Å². The fraction of sp³-hybridized carbons (Fsp3) is 0.333. The molecule has 22 heavy (non-hydrogen) atoms. The second-order valence-corrected chi connectivity index (χ2v) is 5.78. The topological polar surface area (TPSA) is 85.4 Å². The molecule has 3 N–H and O–H groups in total. The number of nitrogens with one attached hydrogen (secondary N) is 2. The predicted molar refractivity (Wildman–Crippen MR) is 84.9 cm³/mol. The Kier molecular flexibility index (Phi) is 4.73. The van der Waals surface area contributed by atoms with Gasteiger partial charge in [-0.15, -0.1) is 0 Å². The summed E-state index contributed by atoms with van der Waals surface area (Å²) in [5.41, 5.74) is 1.07. The summed E-state index contributed by atoms with van der Waals surface area (Å²) in [4.78, 5) is 28.6. The van der Waals surface area contributed by atoms with Crippen LogP contribution >= 0.6 is 11.6 Å². The molecule has 0 spiro atoms. The van der Waals surface area contributed by atoms with Crippen molar-refractivity contribution in [1.82, 2.24) is 15.2 Å². The van der Waals surface area contributed by atoms with Gasteiger partial charge >= 0.3 is 0 Å². The molecule has 0 unspecified atom stereocenters. The monoisotopic (exact) mass is 323 g/mol. The van der Waals surface area contributed by atoms with Crippen LogP contribution in [-0.4, -0.2) is 53.0 Å². The number of hydrogen-bond acceptors (Lipinski definition) is 3. The zero-order valence-corrected chi connectivity index (χ0v) is 13.3. The van der Waals surface area contributed by atoms with Crippen LogP contribution in [0.25, 0.3) is 10.9 Å². The third-order valence-corrected chi connectivity index (χ3v) is 3.54. The summed E-state index contributed by atoms with van der Waals surface area (Å²) in [5, 5.41) is 13.6. The van der Waals surface area contributed by atoms with Crippen LogP contribution in [0.2, 0.25) is 5.02 Å². The highest BCUT2D eigenvalue weighted by Crippen LogP contribution is 2.20. The first kappa shape index (κ1) is 16.3. The van der Waals surface area contributed by atoms with E-state index >= 15 is 0 Å². The van der Waals surface area contributed by atoms with Crippen LogP contribution in [0.5, 0.6) is 0 Å². The summed E-state index contributed by atoms with van der Waals surface area (Å²) in [6.07, 6.45) is -1.00. The van der Waals surface area contributed by atoms with Gasteiger partial charge in [0, 0.05) is 30.0 Å². The average Bonchev–Trinajstić information content (AvgIpc) is 2.86. The van der Waals surface area contributed by atoms with Gasteiger partial charge in [-0.1, -0.05) is 11.6 Å². The Hall–Kier alpha value is -2.05. The van der Waals surface area contributed by atoms with Crippen LogP contribution in [0.3, 0.4) is 0 Å². The maximum Gasteiger partial charge on any atom is 0.268 e. The first-order valence-corrected chi connectivity index (χ1v) is 7.15. The molecule has 0 aliphatic carbocycles. The third-order valence-electron chi connectivity index (χ3n) is 3.30. The number of aromatic amines is 1. The summed E-state index contributed by atoms with van der Waals surface area (Å²) < 4.78 is 0. The van der Waals surface area contributed by atoms with E-state index in [4.69, 9.17) is 11.6 Å². The van der Waals surface area contributed by atoms with Crippen molar-refractivity contribution in [2.24, 2.45) is 0 Å². The molecule has 0 saturated carbocycles. The number of carbonyl (C=O) groups is 2. The Balaban J connectivity index is 2.23. The van der Waals surface area contributed by atoms with Crippen LogP contribution in [0, 0.1) is 0 Å². The quantitative estimate of drug-likeness (QED) is 0.795. The number of hydrogen-bond donors (Lipinski definition) is 3. The van der Waals surface area contributed by atoms with Gasteiger partial charge in [0.1, 0.15) is 11.7 Å². The average molecular weight is 324 g/mol. The molecule has 0 aliphatic heterocycles. The van der Waals surface area contributed by atoms with E-state index in [2.05, 4.69) is 10.3 Å². The van der Waals surface area contributed by atoms with Gasteiger partial charge in [-0.05, 0) is 31.2 Å². The molecule has 0 bridgehead atoms. The predicted octanol–water partition coefficient (Wildman–Crippen LogP) is 1.39. The molecule has 6 nitrogen and oxygen atoms in total. The van der Waals surface area contributed by atoms with Gasteiger partial charge in [-0.2, -0.15) is 0 Å². The number of benzene rings is 1. The number of H-pyrrole nitrogens is 1. The van der Waals surface area contributed by atoms with E-state index in [1.165, 1.54) is 11.8 Å². The molecule has 1 aromatic carbocycles. The fourth-order valence-electron chi connectivity index (χ4n) is 2.11. The number of likely N-dealkylation sites (N-methyl/N-ethyl adjacent to an activating group) is 1. The number of halogens is 1. The van der Waals surface area contributed by atoms with Crippen molar-refractivity contribution in [2.75, 3.05) is 14.1 Å². The van der Waals surface area contributed by atoms with E-state index in [-0.39, 0.29) is 5.91 Å². The summed E-state index contributed by atoms with van der Waals surface area (Å²) in [5.74, 6) is -0.837. The summed E-state index contributed by atoms with van der Waals surface area (Å²) >= 11 is 5.91. The van der Waals surface area contributed by atoms with E-state index in [1.807, 2.05) is 0 Å². The number of rotatable bonds is 4.